The van der Waals surface area contributed by atoms with Crippen molar-refractivity contribution in [2.75, 3.05) is 5.73 Å². The van der Waals surface area contributed by atoms with Crippen LogP contribution in [-0.4, -0.2) is 10.1 Å². The molecule has 0 fully saturated rings. The van der Waals surface area contributed by atoms with Gasteiger partial charge in [-0.3, -0.25) is 0 Å². The topological polar surface area (TPSA) is 64.9 Å². The summed E-state index contributed by atoms with van der Waals surface area (Å²) in [6.45, 7) is 0. The van der Waals surface area contributed by atoms with Gasteiger partial charge in [0.15, 0.2) is 0 Å². The molecule has 0 aliphatic rings. The largest absolute Gasteiger partial charge is 0.399 e. The van der Waals surface area contributed by atoms with Gasteiger partial charge in [-0.2, -0.15) is 4.98 Å². The van der Waals surface area contributed by atoms with Crippen molar-refractivity contribution in [3.63, 3.8) is 0 Å². The maximum absolute atomic E-state index is 5.74. The number of nitrogens with zero attached hydrogens (tertiary/aromatic N) is 2. The van der Waals surface area contributed by atoms with Crippen molar-refractivity contribution in [1.29, 1.82) is 0 Å². The van der Waals surface area contributed by atoms with E-state index >= 15 is 0 Å². The zero-order chi connectivity index (χ0) is 13.2. The molecule has 2 aromatic heterocycles. The summed E-state index contributed by atoms with van der Waals surface area (Å²) in [5.74, 6) is 1.21. The van der Waals surface area contributed by atoms with Gasteiger partial charge in [-0.1, -0.05) is 17.3 Å². The third-order valence-electron chi connectivity index (χ3n) is 2.56. The van der Waals surface area contributed by atoms with Crippen LogP contribution in [0, 0.1) is 0 Å². The number of anilines is 1. The molecule has 0 radical (unpaired) electrons. The quantitative estimate of drug-likeness (QED) is 0.740. The molecule has 6 heteroatoms. The highest BCUT2D eigenvalue weighted by Crippen LogP contribution is 2.28. The number of nitrogens with two attached hydrogens (primary N) is 1. The molecule has 0 saturated heterocycles. The number of rotatable bonds is 3. The number of hydrogen-bond donors (Lipinski definition) is 1. The number of nitrogen functional groups attached to an aromatic ring is 1. The van der Waals surface area contributed by atoms with Gasteiger partial charge in [-0.15, -0.1) is 11.3 Å². The van der Waals surface area contributed by atoms with Gasteiger partial charge in [-0.25, -0.2) is 0 Å². The van der Waals surface area contributed by atoms with E-state index in [1.165, 1.54) is 0 Å². The third kappa shape index (κ3) is 2.85. The molecule has 3 aromatic rings. The van der Waals surface area contributed by atoms with E-state index in [1.54, 1.807) is 11.3 Å². The first kappa shape index (κ1) is 12.4. The summed E-state index contributed by atoms with van der Waals surface area (Å²) in [5.41, 5.74) is 7.53. The Morgan fingerprint density at radius 2 is 2.21 bits per heavy atom. The van der Waals surface area contributed by atoms with Crippen molar-refractivity contribution >= 4 is 33.0 Å². The first-order valence-electron chi connectivity index (χ1n) is 5.62. The summed E-state index contributed by atoms with van der Waals surface area (Å²) in [4.78, 5) is 5.37. The summed E-state index contributed by atoms with van der Waals surface area (Å²) in [5, 5.41) is 5.98. The zero-order valence-electron chi connectivity index (χ0n) is 9.84. The Kier molecular flexibility index (Phi) is 3.35. The van der Waals surface area contributed by atoms with Crippen LogP contribution in [0.4, 0.5) is 5.69 Å². The zero-order valence-corrected chi connectivity index (χ0v) is 12.2. The lowest BCUT2D eigenvalue weighted by Gasteiger charge is -1.97. The predicted octanol–water partition coefficient (Wildman–Crippen LogP) is 3.73. The van der Waals surface area contributed by atoms with Crippen molar-refractivity contribution in [2.45, 2.75) is 6.42 Å². The fourth-order valence-electron chi connectivity index (χ4n) is 1.73. The minimum absolute atomic E-state index is 0.588. The summed E-state index contributed by atoms with van der Waals surface area (Å²) in [6.07, 6.45) is 0.588. The number of thiophene rings is 1. The summed E-state index contributed by atoms with van der Waals surface area (Å²) in [6, 6.07) is 9.64. The second kappa shape index (κ2) is 5.14. The van der Waals surface area contributed by atoms with E-state index < -0.39 is 0 Å². The van der Waals surface area contributed by atoms with Crippen LogP contribution in [0.3, 0.4) is 0 Å². The van der Waals surface area contributed by atoms with Gasteiger partial charge in [0.2, 0.25) is 11.7 Å². The van der Waals surface area contributed by atoms with Gasteiger partial charge in [0.1, 0.15) is 0 Å². The van der Waals surface area contributed by atoms with E-state index in [0.29, 0.717) is 18.1 Å². The first-order valence-corrected chi connectivity index (χ1v) is 7.29. The monoisotopic (exact) mass is 335 g/mol. The Morgan fingerprint density at radius 1 is 1.32 bits per heavy atom. The minimum atomic E-state index is 0.588. The Hall–Kier alpha value is -1.66. The molecule has 0 aliphatic heterocycles. The molecule has 4 nitrogen and oxygen atoms in total. The number of hydrogen-bond acceptors (Lipinski definition) is 5. The normalized spacial score (nSPS) is 10.8. The highest BCUT2D eigenvalue weighted by molar-refractivity contribution is 9.10. The van der Waals surface area contributed by atoms with Crippen molar-refractivity contribution in [3.8, 4) is 10.7 Å². The molecular formula is C13H10BrN3OS. The molecule has 0 unspecified atom stereocenters. The average Bonchev–Trinajstić information content (AvgIpc) is 2.98. The number of benzene rings is 1. The van der Waals surface area contributed by atoms with Gasteiger partial charge in [0, 0.05) is 15.5 Å². The highest BCUT2D eigenvalue weighted by Gasteiger charge is 2.11. The molecular weight excluding hydrogens is 326 g/mol. The molecule has 19 heavy (non-hydrogen) atoms. The molecule has 0 amide bonds. The van der Waals surface area contributed by atoms with Gasteiger partial charge >= 0.3 is 0 Å². The lowest BCUT2D eigenvalue weighted by molar-refractivity contribution is 0.386. The van der Waals surface area contributed by atoms with Crippen LogP contribution in [0.5, 0.6) is 0 Å². The number of aromatic nitrogens is 2. The van der Waals surface area contributed by atoms with Crippen LogP contribution in [0.15, 0.2) is 44.7 Å². The van der Waals surface area contributed by atoms with Gasteiger partial charge < -0.3 is 10.3 Å². The summed E-state index contributed by atoms with van der Waals surface area (Å²) in [7, 11) is 0. The molecule has 2 heterocycles. The summed E-state index contributed by atoms with van der Waals surface area (Å²) >= 11 is 4.98. The summed E-state index contributed by atoms with van der Waals surface area (Å²) < 4.78 is 6.28. The Morgan fingerprint density at radius 3 is 2.95 bits per heavy atom. The van der Waals surface area contributed by atoms with Crippen molar-refractivity contribution in [3.05, 3.63) is 51.6 Å². The minimum Gasteiger partial charge on any atom is -0.399 e. The Balaban J connectivity index is 1.82. The van der Waals surface area contributed by atoms with E-state index in [2.05, 4.69) is 26.1 Å². The average molecular weight is 336 g/mol. The van der Waals surface area contributed by atoms with Crippen LogP contribution in [-0.2, 0) is 6.42 Å². The second-order valence-corrected chi connectivity index (χ2v) is 5.89. The van der Waals surface area contributed by atoms with Crippen molar-refractivity contribution in [2.24, 2.45) is 0 Å². The molecule has 96 valence electrons. The van der Waals surface area contributed by atoms with Crippen LogP contribution in [0.2, 0.25) is 0 Å². The standard InChI is InChI=1S/C13H10BrN3OS/c14-9-6-11(19-7-9)13-16-12(18-17-13)5-8-2-1-3-10(15)4-8/h1-4,6-7H,5,15H2. The van der Waals surface area contributed by atoms with Crippen molar-refractivity contribution < 1.29 is 4.52 Å². The molecule has 3 rings (SSSR count). The second-order valence-electron chi connectivity index (χ2n) is 4.06. The van der Waals surface area contributed by atoms with Crippen LogP contribution < -0.4 is 5.73 Å². The first-order chi connectivity index (χ1) is 9.20. The fraction of sp³-hybridized carbons (Fsp3) is 0.0769. The van der Waals surface area contributed by atoms with Crippen LogP contribution in [0.25, 0.3) is 10.7 Å². The van der Waals surface area contributed by atoms with E-state index in [0.717, 1.165) is 20.6 Å². The van der Waals surface area contributed by atoms with Crippen LogP contribution >= 0.6 is 27.3 Å². The van der Waals surface area contributed by atoms with Crippen molar-refractivity contribution in [1.82, 2.24) is 10.1 Å². The molecule has 0 aliphatic carbocycles. The molecule has 1 aromatic carbocycles. The Labute approximate surface area is 122 Å². The van der Waals surface area contributed by atoms with Gasteiger partial charge in [0.05, 0.1) is 11.3 Å². The molecule has 0 atom stereocenters. The molecule has 0 bridgehead atoms. The van der Waals surface area contributed by atoms with E-state index in [1.807, 2.05) is 35.7 Å². The molecule has 2 N–H and O–H groups in total. The number of halogens is 1. The van der Waals surface area contributed by atoms with E-state index in [4.69, 9.17) is 10.3 Å². The predicted molar refractivity (Wildman–Crippen MR) is 79.0 cm³/mol. The smallest absolute Gasteiger partial charge is 0.231 e. The van der Waals surface area contributed by atoms with E-state index in [9.17, 15) is 0 Å². The van der Waals surface area contributed by atoms with Gasteiger partial charge in [0.25, 0.3) is 0 Å². The maximum atomic E-state index is 5.74. The van der Waals surface area contributed by atoms with Crippen LogP contribution in [0.1, 0.15) is 11.5 Å². The SMILES string of the molecule is Nc1cccc(Cc2nc(-c3cc(Br)cs3)no2)c1. The highest BCUT2D eigenvalue weighted by atomic mass is 79.9. The van der Waals surface area contributed by atoms with E-state index in [-0.39, 0.29) is 0 Å². The molecule has 0 saturated carbocycles. The maximum Gasteiger partial charge on any atom is 0.231 e. The molecule has 0 spiro atoms. The third-order valence-corrected chi connectivity index (χ3v) is 4.25. The van der Waals surface area contributed by atoms with Gasteiger partial charge in [-0.05, 0) is 39.7 Å². The lowest BCUT2D eigenvalue weighted by Crippen LogP contribution is -1.91. The lowest BCUT2D eigenvalue weighted by atomic mass is 10.1. The fourth-order valence-corrected chi connectivity index (χ4v) is 3.09. The Bertz CT molecular complexity index is 707.